The van der Waals surface area contributed by atoms with Crippen LogP contribution in [0.4, 0.5) is 11.4 Å². The molecule has 0 saturated carbocycles. The molecule has 1 saturated heterocycles. The molecule has 0 spiro atoms. The summed E-state index contributed by atoms with van der Waals surface area (Å²) in [6.45, 7) is 9.39. The Balaban J connectivity index is 1.64. The van der Waals surface area contributed by atoms with Crippen LogP contribution in [0.25, 0.3) is 4.85 Å². The van der Waals surface area contributed by atoms with Crippen LogP contribution in [0, 0.1) is 6.57 Å². The third-order valence-electron chi connectivity index (χ3n) is 6.28. The number of hydrogen-bond acceptors (Lipinski definition) is 5. The summed E-state index contributed by atoms with van der Waals surface area (Å²) in [5, 5.41) is 20.6. The second-order valence-corrected chi connectivity index (χ2v) is 9.19. The Morgan fingerprint density at radius 3 is 2.37 bits per heavy atom. The lowest BCUT2D eigenvalue weighted by Gasteiger charge is -2.46. The Labute approximate surface area is 215 Å². The van der Waals surface area contributed by atoms with Gasteiger partial charge in [-0.25, -0.2) is 4.85 Å². The van der Waals surface area contributed by atoms with Gasteiger partial charge in [0.2, 0.25) is 0 Å². The van der Waals surface area contributed by atoms with Crippen LogP contribution < -0.4 is 9.64 Å². The van der Waals surface area contributed by atoms with E-state index in [0.717, 1.165) is 23.4 Å². The Hall–Kier alpha value is -2.79. The molecule has 0 unspecified atom stereocenters. The maximum atomic E-state index is 10.3. The molecule has 0 amide bonds. The first kappa shape index (κ1) is 25.3. The van der Waals surface area contributed by atoms with Gasteiger partial charge in [-0.15, -0.1) is 0 Å². The molecule has 2 N–H and O–H groups in total. The quantitative estimate of drug-likeness (QED) is 0.390. The van der Waals surface area contributed by atoms with Gasteiger partial charge < -0.3 is 19.8 Å². The van der Waals surface area contributed by atoms with Gasteiger partial charge in [-0.1, -0.05) is 59.6 Å². The molecule has 1 fully saturated rings. The Morgan fingerprint density at radius 1 is 1.00 bits per heavy atom. The smallest absolute Gasteiger partial charge is 0.187 e. The highest BCUT2D eigenvalue weighted by atomic mass is 35.5. The van der Waals surface area contributed by atoms with Crippen molar-refractivity contribution in [2.75, 3.05) is 44.4 Å². The number of nitrogens with zero attached hydrogens (tertiary/aromatic N) is 3. The maximum absolute atomic E-state index is 10.3. The van der Waals surface area contributed by atoms with Crippen molar-refractivity contribution in [1.29, 1.82) is 0 Å². The van der Waals surface area contributed by atoms with Crippen LogP contribution >= 0.6 is 23.2 Å². The summed E-state index contributed by atoms with van der Waals surface area (Å²) in [7, 11) is 0. The first-order valence-corrected chi connectivity index (χ1v) is 12.2. The van der Waals surface area contributed by atoms with Crippen molar-refractivity contribution in [2.24, 2.45) is 0 Å². The maximum Gasteiger partial charge on any atom is 0.187 e. The zero-order valence-corrected chi connectivity index (χ0v) is 20.7. The molecule has 3 aromatic carbocycles. The van der Waals surface area contributed by atoms with Crippen molar-refractivity contribution < 1.29 is 14.9 Å². The third kappa shape index (κ3) is 5.90. The van der Waals surface area contributed by atoms with Gasteiger partial charge >= 0.3 is 0 Å². The van der Waals surface area contributed by atoms with Crippen LogP contribution in [0.2, 0.25) is 10.0 Å². The summed E-state index contributed by atoms with van der Waals surface area (Å²) in [6.07, 6.45) is 0. The number of aliphatic hydroxyl groups excluding tert-OH is 2. The Kier molecular flexibility index (Phi) is 8.50. The van der Waals surface area contributed by atoms with E-state index >= 15 is 0 Å². The predicted octanol–water partition coefficient (Wildman–Crippen LogP) is 5.51. The molecule has 3 aromatic rings. The lowest BCUT2D eigenvalue weighted by molar-refractivity contribution is 0.103. The van der Waals surface area contributed by atoms with Crippen molar-refractivity contribution in [3.8, 4) is 5.75 Å². The summed E-state index contributed by atoms with van der Waals surface area (Å²) >= 11 is 12.9. The number of aliphatic hydroxyl groups is 2. The fourth-order valence-electron chi connectivity index (χ4n) is 4.52. The molecule has 1 aliphatic heterocycles. The van der Waals surface area contributed by atoms with Gasteiger partial charge in [-0.3, -0.25) is 4.90 Å². The third-order valence-corrected chi connectivity index (χ3v) is 6.83. The fourth-order valence-corrected chi connectivity index (χ4v) is 4.93. The van der Waals surface area contributed by atoms with Gasteiger partial charge in [0.25, 0.3) is 0 Å². The van der Waals surface area contributed by atoms with E-state index in [-0.39, 0.29) is 31.9 Å². The number of hydrogen-bond donors (Lipinski definition) is 2. The fraction of sp³-hybridized carbons (Fsp3) is 0.296. The summed E-state index contributed by atoms with van der Waals surface area (Å²) in [5.74, 6) is 0.609. The molecule has 4 rings (SSSR count). The van der Waals surface area contributed by atoms with Gasteiger partial charge in [0.15, 0.2) is 5.69 Å². The molecule has 1 heterocycles. The first-order chi connectivity index (χ1) is 17.0. The van der Waals surface area contributed by atoms with E-state index < -0.39 is 0 Å². The zero-order chi connectivity index (χ0) is 24.8. The minimum atomic E-state index is -0.184. The average Bonchev–Trinajstić information content (AvgIpc) is 2.89. The summed E-state index contributed by atoms with van der Waals surface area (Å²) in [6, 6.07) is 20.6. The molecule has 0 bridgehead atoms. The van der Waals surface area contributed by atoms with Gasteiger partial charge in [-0.05, 0) is 35.4 Å². The van der Waals surface area contributed by atoms with Gasteiger partial charge in [-0.2, -0.15) is 0 Å². The lowest BCUT2D eigenvalue weighted by Crippen LogP contribution is -2.50. The van der Waals surface area contributed by atoms with Gasteiger partial charge in [0.05, 0.1) is 42.6 Å². The van der Waals surface area contributed by atoms with Crippen LogP contribution in [0.1, 0.15) is 23.2 Å². The zero-order valence-electron chi connectivity index (χ0n) is 19.1. The van der Waals surface area contributed by atoms with E-state index in [2.05, 4.69) is 14.6 Å². The molecule has 2 atom stereocenters. The van der Waals surface area contributed by atoms with Crippen molar-refractivity contribution >= 4 is 34.6 Å². The Morgan fingerprint density at radius 2 is 1.74 bits per heavy atom. The molecule has 182 valence electrons. The van der Waals surface area contributed by atoms with Crippen LogP contribution in [0.15, 0.2) is 66.7 Å². The number of halogens is 2. The Bertz CT molecular complexity index is 1170. The topological polar surface area (TPSA) is 60.5 Å². The van der Waals surface area contributed by atoms with Gasteiger partial charge in [0, 0.05) is 30.7 Å². The van der Waals surface area contributed by atoms with Crippen molar-refractivity contribution in [2.45, 2.75) is 12.1 Å². The number of anilines is 1. The molecule has 0 aromatic heterocycles. The SMILES string of the molecule is [C-]#[N+]c1ccc([C@@H](CO)N2CCN(c3ccc(OCCO)cc3Cl)[C@H](c3ccc(Cl)cc3)C2)cc1. The number of rotatable bonds is 8. The molecular formula is C27H27Cl2N3O3. The number of benzene rings is 3. The van der Waals surface area contributed by atoms with E-state index in [1.165, 1.54) is 0 Å². The van der Waals surface area contributed by atoms with Crippen LogP contribution in [-0.4, -0.2) is 54.6 Å². The minimum Gasteiger partial charge on any atom is -0.491 e. The monoisotopic (exact) mass is 511 g/mol. The molecule has 8 heteroatoms. The van der Waals surface area contributed by atoms with Crippen molar-refractivity contribution in [3.63, 3.8) is 0 Å². The van der Waals surface area contributed by atoms with E-state index in [9.17, 15) is 5.11 Å². The van der Waals surface area contributed by atoms with E-state index in [0.29, 0.717) is 34.6 Å². The van der Waals surface area contributed by atoms with Gasteiger partial charge in [0.1, 0.15) is 12.4 Å². The number of piperazine rings is 1. The van der Waals surface area contributed by atoms with E-state index in [1.807, 2.05) is 48.5 Å². The highest BCUT2D eigenvalue weighted by Crippen LogP contribution is 2.39. The highest BCUT2D eigenvalue weighted by molar-refractivity contribution is 6.33. The standard InChI is InChI=1S/C27H27Cl2N3O3/c1-30-22-8-4-20(5-9-22)27(18-34)31-12-13-32(26(17-31)19-2-6-21(28)7-3-19)25-11-10-23(16-24(25)29)35-15-14-33/h2-11,16,26-27,33-34H,12-15,17-18H2/t26-,27+/m0/s1. The normalized spacial score (nSPS) is 17.1. The molecule has 0 aliphatic carbocycles. The lowest BCUT2D eigenvalue weighted by atomic mass is 9.98. The minimum absolute atomic E-state index is 0.0254. The van der Waals surface area contributed by atoms with Crippen LogP contribution in [0.3, 0.4) is 0 Å². The molecule has 1 aliphatic rings. The molecule has 6 nitrogen and oxygen atoms in total. The molecule has 35 heavy (non-hydrogen) atoms. The highest BCUT2D eigenvalue weighted by Gasteiger charge is 2.33. The van der Waals surface area contributed by atoms with E-state index in [4.69, 9.17) is 39.6 Å². The predicted molar refractivity (Wildman–Crippen MR) is 140 cm³/mol. The summed E-state index contributed by atoms with van der Waals surface area (Å²) in [4.78, 5) is 8.01. The molecule has 0 radical (unpaired) electrons. The summed E-state index contributed by atoms with van der Waals surface area (Å²) < 4.78 is 5.51. The molecular weight excluding hydrogens is 485 g/mol. The summed E-state index contributed by atoms with van der Waals surface area (Å²) in [5.41, 5.74) is 3.54. The number of ether oxygens (including phenoxy) is 1. The van der Waals surface area contributed by atoms with Crippen LogP contribution in [0.5, 0.6) is 5.75 Å². The second kappa shape index (κ2) is 11.8. The first-order valence-electron chi connectivity index (χ1n) is 11.4. The largest absolute Gasteiger partial charge is 0.491 e. The van der Waals surface area contributed by atoms with Crippen molar-refractivity contribution in [3.05, 3.63) is 99.3 Å². The van der Waals surface area contributed by atoms with Crippen molar-refractivity contribution in [1.82, 2.24) is 4.90 Å². The second-order valence-electron chi connectivity index (χ2n) is 8.34. The average molecular weight is 512 g/mol. The van der Waals surface area contributed by atoms with E-state index in [1.54, 1.807) is 18.2 Å². The van der Waals surface area contributed by atoms with Crippen LogP contribution in [-0.2, 0) is 0 Å².